The van der Waals surface area contributed by atoms with E-state index in [9.17, 15) is 23.6 Å². The molecule has 12 heteroatoms. The molecule has 4 aromatic rings. The second-order valence-electron chi connectivity index (χ2n) is 10.6. The molecule has 9 nitrogen and oxygen atoms in total. The summed E-state index contributed by atoms with van der Waals surface area (Å²) < 4.78 is 40.5. The number of piperidine rings is 1. The number of aromatic nitrogens is 2. The van der Waals surface area contributed by atoms with E-state index in [0.717, 1.165) is 50.0 Å². The van der Waals surface area contributed by atoms with Gasteiger partial charge in [0.2, 0.25) is 0 Å². The van der Waals surface area contributed by atoms with Gasteiger partial charge in [0.15, 0.2) is 11.6 Å². The van der Waals surface area contributed by atoms with E-state index in [-0.39, 0.29) is 40.5 Å². The summed E-state index contributed by atoms with van der Waals surface area (Å²) >= 11 is 1.15. The van der Waals surface area contributed by atoms with E-state index >= 15 is 0 Å². The van der Waals surface area contributed by atoms with Gasteiger partial charge in [0.1, 0.15) is 36.2 Å². The summed E-state index contributed by atoms with van der Waals surface area (Å²) in [5.41, 5.74) is 2.02. The lowest BCUT2D eigenvalue weighted by atomic mass is 9.98. The number of carbonyl (C=O) groups is 1. The molecule has 0 amide bonds. The molecule has 2 saturated heterocycles. The molecule has 1 atom stereocenters. The van der Waals surface area contributed by atoms with Crippen molar-refractivity contribution in [3.8, 4) is 23.3 Å². The number of rotatable bonds is 8. The Morgan fingerprint density at radius 3 is 2.51 bits per heavy atom. The molecule has 1 aromatic heterocycles. The van der Waals surface area contributed by atoms with E-state index in [2.05, 4.69) is 14.6 Å². The second kappa shape index (κ2) is 12.4. The molecule has 1 N–H and O–H groups in total. The zero-order valence-electron chi connectivity index (χ0n) is 23.1. The molecule has 220 valence electrons. The number of halogens is 2. The van der Waals surface area contributed by atoms with E-state index in [1.165, 1.54) is 29.1 Å². The predicted octanol–water partition coefficient (Wildman–Crippen LogP) is 5.62. The number of hydrogen-bond acceptors (Lipinski definition) is 9. The molecule has 43 heavy (non-hydrogen) atoms. The lowest BCUT2D eigenvalue weighted by Crippen LogP contribution is -2.34. The predicted molar refractivity (Wildman–Crippen MR) is 162 cm³/mol. The molecule has 2 fully saturated rings. The van der Waals surface area contributed by atoms with Crippen molar-refractivity contribution in [2.24, 2.45) is 5.92 Å². The van der Waals surface area contributed by atoms with Crippen LogP contribution in [0.25, 0.3) is 16.6 Å². The van der Waals surface area contributed by atoms with Crippen LogP contribution in [0, 0.1) is 23.1 Å². The Morgan fingerprint density at radius 1 is 1.05 bits per heavy atom. The van der Waals surface area contributed by atoms with Crippen molar-refractivity contribution in [3.63, 3.8) is 0 Å². The lowest BCUT2D eigenvalue weighted by Gasteiger charge is -2.31. The van der Waals surface area contributed by atoms with Gasteiger partial charge in [0, 0.05) is 49.9 Å². The molecule has 3 aromatic carbocycles. The van der Waals surface area contributed by atoms with Crippen molar-refractivity contribution in [2.45, 2.75) is 25.4 Å². The third-order valence-electron chi connectivity index (χ3n) is 7.77. The van der Waals surface area contributed by atoms with Gasteiger partial charge in [-0.15, -0.1) is 0 Å². The highest BCUT2D eigenvalue weighted by Crippen LogP contribution is 2.35. The van der Waals surface area contributed by atoms with E-state index < -0.39 is 12.0 Å². The third kappa shape index (κ3) is 6.04. The van der Waals surface area contributed by atoms with Crippen LogP contribution in [-0.4, -0.2) is 52.5 Å². The highest BCUT2D eigenvalue weighted by Gasteiger charge is 2.24. The molecule has 2 aliphatic rings. The Kier molecular flexibility index (Phi) is 8.26. The Balaban J connectivity index is 1.24. The molecular weight excluding hydrogens is 574 g/mol. The first-order valence-electron chi connectivity index (χ1n) is 14.0. The minimum Gasteiger partial charge on any atom is -0.453 e. The lowest BCUT2D eigenvalue weighted by molar-refractivity contribution is -0.111. The first-order valence-corrected chi connectivity index (χ1v) is 14.8. The highest BCUT2D eigenvalue weighted by atomic mass is 32.2. The summed E-state index contributed by atoms with van der Waals surface area (Å²) in [6, 6.07) is 16.8. The highest BCUT2D eigenvalue weighted by molar-refractivity contribution is 7.98. The fourth-order valence-electron chi connectivity index (χ4n) is 5.32. The van der Waals surface area contributed by atoms with Gasteiger partial charge in [-0.1, -0.05) is 0 Å². The van der Waals surface area contributed by atoms with E-state index in [4.69, 9.17) is 4.74 Å². The number of ether oxygens (including phenoxy) is 1. The van der Waals surface area contributed by atoms with Crippen LogP contribution in [0.5, 0.6) is 11.5 Å². The van der Waals surface area contributed by atoms with Gasteiger partial charge in [-0.25, -0.2) is 18.1 Å². The maximum atomic E-state index is 14.9. The minimum atomic E-state index is -0.902. The monoisotopic (exact) mass is 602 g/mol. The summed E-state index contributed by atoms with van der Waals surface area (Å²) in [5, 5.41) is 10.1. The van der Waals surface area contributed by atoms with Crippen LogP contribution >= 0.6 is 12.1 Å². The van der Waals surface area contributed by atoms with Crippen LogP contribution in [0.1, 0.15) is 24.8 Å². The molecule has 3 heterocycles. The van der Waals surface area contributed by atoms with E-state index in [1.807, 2.05) is 30.3 Å². The molecule has 0 saturated carbocycles. The third-order valence-corrected chi connectivity index (χ3v) is 8.68. The summed E-state index contributed by atoms with van der Waals surface area (Å²) in [5.74, 6) is -0.746. The number of alkyl halides is 1. The average Bonchev–Trinajstić information content (AvgIpc) is 3.46. The maximum absolute atomic E-state index is 14.9. The van der Waals surface area contributed by atoms with E-state index in [0.29, 0.717) is 29.9 Å². The topological polar surface area (TPSA) is 103 Å². The fourth-order valence-corrected chi connectivity index (χ4v) is 6.15. The zero-order chi connectivity index (χ0) is 29.9. The fraction of sp³-hybridized carbons (Fsp3) is 0.290. The van der Waals surface area contributed by atoms with Crippen molar-refractivity contribution < 1.29 is 18.3 Å². The van der Waals surface area contributed by atoms with Crippen LogP contribution < -0.4 is 19.9 Å². The van der Waals surface area contributed by atoms with Crippen molar-refractivity contribution in [3.05, 3.63) is 82.7 Å². The molecule has 0 bridgehead atoms. The Bertz CT molecular complexity index is 1750. The number of nitrogens with one attached hydrogen (secondary N) is 1. The van der Waals surface area contributed by atoms with Crippen LogP contribution in [0.2, 0.25) is 0 Å². The van der Waals surface area contributed by atoms with Crippen molar-refractivity contribution in [1.82, 2.24) is 13.9 Å². The van der Waals surface area contributed by atoms with Gasteiger partial charge in [-0.3, -0.25) is 9.36 Å². The van der Waals surface area contributed by atoms with Crippen molar-refractivity contribution in [2.75, 3.05) is 35.8 Å². The molecule has 1 unspecified atom stereocenters. The van der Waals surface area contributed by atoms with Crippen LogP contribution in [0.15, 0.2) is 65.7 Å². The Morgan fingerprint density at radius 2 is 1.81 bits per heavy atom. The molecule has 6 rings (SSSR count). The van der Waals surface area contributed by atoms with Crippen LogP contribution in [-0.2, 0) is 4.79 Å². The largest absolute Gasteiger partial charge is 0.453 e. The number of hydrogen-bond donors (Lipinski definition) is 1. The first kappa shape index (κ1) is 28.6. The molecular formula is C31H28F2N6O3S. The maximum Gasteiger partial charge on any atom is 0.265 e. The van der Waals surface area contributed by atoms with Gasteiger partial charge >= 0.3 is 0 Å². The van der Waals surface area contributed by atoms with Gasteiger partial charge < -0.3 is 19.2 Å². The zero-order valence-corrected chi connectivity index (χ0v) is 23.9. The summed E-state index contributed by atoms with van der Waals surface area (Å²) in [7, 11) is 0. The summed E-state index contributed by atoms with van der Waals surface area (Å²) in [6.07, 6.45) is 3.67. The SMILES string of the molecule is N#Cc1c(NSN2CCC(F)C2)ccc(F)c1Oc1ccc2ncn(-c3ccc(N4CCC(C=O)CC4)cc3)c(=O)c2c1. The normalized spacial score (nSPS) is 17.6. The van der Waals surface area contributed by atoms with Gasteiger partial charge in [0.25, 0.3) is 5.56 Å². The Hall–Kier alpha value is -4.47. The number of carbonyl (C=O) groups excluding carboxylic acids is 1. The van der Waals surface area contributed by atoms with Gasteiger partial charge in [0.05, 0.1) is 22.3 Å². The summed E-state index contributed by atoms with van der Waals surface area (Å²) in [4.78, 5) is 31.2. The minimum absolute atomic E-state index is 0.0531. The molecule has 0 aliphatic carbocycles. The number of nitriles is 1. The van der Waals surface area contributed by atoms with Crippen LogP contribution in [0.3, 0.4) is 0 Å². The molecule has 0 radical (unpaired) electrons. The van der Waals surface area contributed by atoms with Crippen molar-refractivity contribution >= 4 is 40.7 Å². The Labute approximate surface area is 251 Å². The number of fused-ring (bicyclic) bond motifs is 1. The van der Waals surface area contributed by atoms with Crippen LogP contribution in [0.4, 0.5) is 20.2 Å². The average molecular weight is 603 g/mol. The van der Waals surface area contributed by atoms with E-state index in [1.54, 1.807) is 16.4 Å². The number of aldehydes is 1. The number of anilines is 2. The smallest absolute Gasteiger partial charge is 0.265 e. The van der Waals surface area contributed by atoms with Crippen molar-refractivity contribution in [1.29, 1.82) is 5.26 Å². The van der Waals surface area contributed by atoms with Gasteiger partial charge in [-0.2, -0.15) is 5.26 Å². The number of nitrogens with zero attached hydrogens (tertiary/aromatic N) is 5. The standard InChI is InChI=1S/C31H28F2N6O3S/c32-21-11-14-38(17-21)43-36-29-8-6-27(33)30(26(29)16-34)42-24-5-7-28-25(15-24)31(41)39(19-35-28)23-3-1-22(2-4-23)37-12-9-20(18-40)10-13-37/h1-8,15,18-21,36H,9-14,17H2. The van der Waals surface area contributed by atoms with Gasteiger partial charge in [-0.05, 0) is 73.9 Å². The number of benzene rings is 3. The first-order chi connectivity index (χ1) is 20.9. The molecule has 2 aliphatic heterocycles. The quantitative estimate of drug-likeness (QED) is 0.203. The second-order valence-corrected chi connectivity index (χ2v) is 11.5. The molecule has 0 spiro atoms. The summed E-state index contributed by atoms with van der Waals surface area (Å²) in [6.45, 7) is 2.41.